The normalized spacial score (nSPS) is 21.4. The fourth-order valence-corrected chi connectivity index (χ4v) is 3.90. The van der Waals surface area contributed by atoms with Crippen molar-refractivity contribution in [3.63, 3.8) is 0 Å². The Morgan fingerprint density at radius 3 is 2.96 bits per heavy atom. The summed E-state index contributed by atoms with van der Waals surface area (Å²) in [6.45, 7) is 2.65. The molecule has 0 spiro atoms. The second-order valence-corrected chi connectivity index (χ2v) is 7.30. The van der Waals surface area contributed by atoms with Gasteiger partial charge < -0.3 is 14.5 Å². The molecule has 1 aliphatic heterocycles. The minimum absolute atomic E-state index is 0.0292. The van der Waals surface area contributed by atoms with Crippen LogP contribution in [0.4, 0.5) is 8.78 Å². The number of hydrogen-bond acceptors (Lipinski definition) is 3. The molecule has 2 aromatic carbocycles. The summed E-state index contributed by atoms with van der Waals surface area (Å²) in [5.41, 5.74) is 1.70. The Balaban J connectivity index is 1.62. The molecule has 1 aromatic heterocycles. The van der Waals surface area contributed by atoms with E-state index < -0.39 is 11.6 Å². The van der Waals surface area contributed by atoms with Crippen LogP contribution in [0.2, 0.25) is 6.63 Å². The first-order valence-electron chi connectivity index (χ1n) is 9.42. The maximum atomic E-state index is 14.6. The number of hydrogen-bond donors (Lipinski definition) is 1. The van der Waals surface area contributed by atoms with Crippen LogP contribution in [0.15, 0.2) is 40.8 Å². The molecule has 2 heterocycles. The van der Waals surface area contributed by atoms with E-state index in [0.29, 0.717) is 17.7 Å². The first-order valence-corrected chi connectivity index (χ1v) is 9.35. The smallest absolute Gasteiger partial charge is 0.194 e. The molecule has 0 bridgehead atoms. The highest BCUT2D eigenvalue weighted by Crippen LogP contribution is 2.37. The van der Waals surface area contributed by atoms with Gasteiger partial charge in [-0.25, -0.2) is 8.78 Å². The number of furan rings is 1. The van der Waals surface area contributed by atoms with Crippen molar-refractivity contribution in [1.29, 1.82) is 0 Å². The summed E-state index contributed by atoms with van der Waals surface area (Å²) >= 11 is 5.87. The lowest BCUT2D eigenvalue weighted by Gasteiger charge is -2.29. The van der Waals surface area contributed by atoms with Crippen molar-refractivity contribution in [3.05, 3.63) is 64.4 Å². The molecule has 0 amide bonds. The van der Waals surface area contributed by atoms with Crippen molar-refractivity contribution < 1.29 is 19.3 Å². The van der Waals surface area contributed by atoms with E-state index in [0.717, 1.165) is 18.4 Å². The van der Waals surface area contributed by atoms with Crippen molar-refractivity contribution in [2.24, 2.45) is 0 Å². The zero-order chi connectivity index (χ0) is 19.8. The van der Waals surface area contributed by atoms with Crippen molar-refractivity contribution in [2.75, 3.05) is 6.54 Å². The third kappa shape index (κ3) is 3.66. The average Bonchev–Trinajstić information content (AvgIpc) is 3.07. The van der Waals surface area contributed by atoms with E-state index in [-0.39, 0.29) is 34.9 Å². The highest BCUT2D eigenvalue weighted by atomic mass is 35.5. The molecule has 1 fully saturated rings. The molecule has 27 heavy (non-hydrogen) atoms. The van der Waals surface area contributed by atoms with E-state index in [1.807, 2.05) is 13.0 Å². The minimum Gasteiger partial charge on any atom is -0.485 e. The number of halogens is 3. The van der Waals surface area contributed by atoms with Crippen LogP contribution in [0.25, 0.3) is 11.0 Å². The van der Waals surface area contributed by atoms with Crippen LogP contribution < -0.4 is 10.0 Å². The molecule has 4 rings (SSSR count). The van der Waals surface area contributed by atoms with Crippen molar-refractivity contribution in [2.45, 2.75) is 38.3 Å². The molecule has 3 aromatic rings. The fraction of sp³-hybridized carbons (Fsp3) is 0.333. The summed E-state index contributed by atoms with van der Waals surface area (Å²) in [7, 11) is 0. The van der Waals surface area contributed by atoms with Gasteiger partial charge in [-0.1, -0.05) is 12.1 Å². The summed E-state index contributed by atoms with van der Waals surface area (Å²) in [5, 5.41) is 1.92. The second-order valence-electron chi connectivity index (χ2n) is 6.92. The average molecular weight is 393 g/mol. The highest BCUT2D eigenvalue weighted by Gasteiger charge is 2.24. The Kier molecular flexibility index (Phi) is 4.72. The Labute approximate surface area is 162 Å². The number of fused-ring (bicyclic) bond motifs is 1. The Morgan fingerprint density at radius 1 is 1.30 bits per heavy atom. The molecule has 2 atom stereocenters. The lowest BCUT2D eigenvalue weighted by molar-refractivity contribution is 0.279. The van der Waals surface area contributed by atoms with E-state index in [4.69, 9.17) is 22.2 Å². The molecule has 0 radical (unpaired) electrons. The number of rotatable bonds is 4. The molecular weight excluding hydrogens is 372 g/mol. The van der Waals surface area contributed by atoms with Gasteiger partial charge in [-0.15, -0.1) is 0 Å². The van der Waals surface area contributed by atoms with Crippen molar-refractivity contribution in [1.82, 2.24) is 5.31 Å². The van der Waals surface area contributed by atoms with Gasteiger partial charge in [0.05, 0.1) is 5.39 Å². The maximum absolute atomic E-state index is 14.6. The molecule has 0 saturated carbocycles. The van der Waals surface area contributed by atoms with Crippen LogP contribution in [0.3, 0.4) is 0 Å². The van der Waals surface area contributed by atoms with E-state index in [9.17, 15) is 8.78 Å². The summed E-state index contributed by atoms with van der Waals surface area (Å²) in [5.74, 6) is -0.548. The van der Waals surface area contributed by atoms with E-state index in [1.165, 1.54) is 18.2 Å². The lowest BCUT2D eigenvalue weighted by atomic mass is 9.86. The quantitative estimate of drug-likeness (QED) is 0.609. The van der Waals surface area contributed by atoms with Gasteiger partial charge in [0.25, 0.3) is 0 Å². The van der Waals surface area contributed by atoms with Gasteiger partial charge in [-0.05, 0) is 62.0 Å². The van der Waals surface area contributed by atoms with Crippen LogP contribution in [0.5, 0.6) is 5.75 Å². The van der Waals surface area contributed by atoms with Gasteiger partial charge in [-0.3, -0.25) is 0 Å². The Morgan fingerprint density at radius 2 is 2.15 bits per heavy atom. The summed E-state index contributed by atoms with van der Waals surface area (Å²) in [6.07, 6.45) is 1.53. The summed E-state index contributed by atoms with van der Waals surface area (Å²) < 4.78 is 47.7. The first-order chi connectivity index (χ1) is 13.4. The van der Waals surface area contributed by atoms with E-state index >= 15 is 0 Å². The molecule has 3 nitrogen and oxygen atoms in total. The predicted octanol–water partition coefficient (Wildman–Crippen LogP) is 5.80. The molecule has 1 unspecified atom stereocenters. The monoisotopic (exact) mass is 392 g/mol. The standard InChI is InChI=1S/C21H20ClF2NO2/c1-12-9-13(7-8-25-12)15-3-2-4-18(24)21(15)26-11-14-5-6-17(23)16-10-19(22)27-20(14)16/h2-6,10,12-13,25H,7-9,11H2,1H3/t12-,13?/m0/s1/i/hD. The molecule has 142 valence electrons. The van der Waals surface area contributed by atoms with Crippen LogP contribution in [-0.4, -0.2) is 12.6 Å². The lowest BCUT2D eigenvalue weighted by Crippen LogP contribution is -2.35. The topological polar surface area (TPSA) is 34.4 Å². The van der Waals surface area contributed by atoms with Gasteiger partial charge in [0.1, 0.15) is 19.4 Å². The van der Waals surface area contributed by atoms with Gasteiger partial charge in [0.2, 0.25) is 0 Å². The highest BCUT2D eigenvalue weighted by molar-refractivity contribution is 6.29. The van der Waals surface area contributed by atoms with Crippen molar-refractivity contribution in [3.8, 4) is 5.75 Å². The molecule has 0 aliphatic carbocycles. The summed E-state index contributed by atoms with van der Waals surface area (Å²) in [6, 6.07) is 9.31. The molecule has 1 N–H and O–H groups in total. The number of benzene rings is 2. The van der Waals surface area contributed by atoms with E-state index in [2.05, 4.69) is 0 Å². The number of nitrogens with one attached hydrogen (secondary N) is 1. The van der Waals surface area contributed by atoms with E-state index in [1.54, 1.807) is 17.4 Å². The third-order valence-corrected chi connectivity index (χ3v) is 5.22. The number of para-hydroxylation sites is 1. The zero-order valence-corrected chi connectivity index (χ0v) is 15.6. The minimum atomic E-state index is -0.436. The van der Waals surface area contributed by atoms with Gasteiger partial charge >= 0.3 is 0 Å². The van der Waals surface area contributed by atoms with Crippen LogP contribution >= 0.6 is 11.6 Å². The van der Waals surface area contributed by atoms with Crippen molar-refractivity contribution >= 4 is 22.6 Å². The van der Waals surface area contributed by atoms with Crippen LogP contribution in [0.1, 0.15) is 36.8 Å². The molecule has 6 heteroatoms. The third-order valence-electron chi connectivity index (χ3n) is 5.04. The van der Waals surface area contributed by atoms with Crippen LogP contribution in [-0.2, 0) is 6.61 Å². The van der Waals surface area contributed by atoms with Crippen LogP contribution in [0, 0.1) is 11.6 Å². The molecular formula is C21H20ClF2NO2. The SMILES string of the molecule is [2H]N1CCC(c2cccc(F)c2OCc2ccc(F)c3cc(Cl)oc23)C[C@@H]1C. The number of piperidine rings is 1. The maximum Gasteiger partial charge on any atom is 0.194 e. The molecule has 1 saturated heterocycles. The van der Waals surface area contributed by atoms with Gasteiger partial charge in [-0.2, -0.15) is 0 Å². The fourth-order valence-electron chi connectivity index (χ4n) is 3.72. The Bertz CT molecular complexity index is 1010. The second kappa shape index (κ2) is 7.49. The molecule has 1 aliphatic rings. The first kappa shape index (κ1) is 17.0. The predicted molar refractivity (Wildman–Crippen MR) is 101 cm³/mol. The van der Waals surface area contributed by atoms with Gasteiger partial charge in [0.15, 0.2) is 16.8 Å². The van der Waals surface area contributed by atoms with Gasteiger partial charge in [0, 0.05) is 23.2 Å². The Hall–Kier alpha value is -2.11. The largest absolute Gasteiger partial charge is 0.485 e. The zero-order valence-electron chi connectivity index (χ0n) is 15.8. The number of ether oxygens (including phenoxy) is 1. The summed E-state index contributed by atoms with van der Waals surface area (Å²) in [4.78, 5) is 0.